The zero-order chi connectivity index (χ0) is 22.5. The number of halogens is 1. The van der Waals surface area contributed by atoms with Crippen molar-refractivity contribution in [2.45, 2.75) is 12.8 Å². The third-order valence-corrected chi connectivity index (χ3v) is 6.37. The van der Waals surface area contributed by atoms with Gasteiger partial charge in [-0.3, -0.25) is 0 Å². The quantitative estimate of drug-likeness (QED) is 0.338. The molecule has 33 heavy (non-hydrogen) atoms. The second kappa shape index (κ2) is 7.60. The second-order valence-corrected chi connectivity index (χ2v) is 8.65. The highest BCUT2D eigenvalue weighted by molar-refractivity contribution is 6.30. The Balaban J connectivity index is 1.61. The summed E-state index contributed by atoms with van der Waals surface area (Å²) in [4.78, 5) is 26.9. The van der Waals surface area contributed by atoms with E-state index in [1.54, 1.807) is 18.2 Å². The number of carbonyl (C=O) groups is 1. The van der Waals surface area contributed by atoms with Gasteiger partial charge in [0.1, 0.15) is 5.69 Å². The molecule has 3 heterocycles. The summed E-state index contributed by atoms with van der Waals surface area (Å²) in [5.41, 5.74) is 6.39. The first-order chi connectivity index (χ1) is 16.1. The molecule has 6 rings (SSSR count). The average Bonchev–Trinajstić information content (AvgIpc) is 3.30. The minimum atomic E-state index is -0.986. The van der Waals surface area contributed by atoms with Crippen LogP contribution in [-0.2, 0) is 6.42 Å². The molecular formula is C26H19ClN4O2. The number of nitrogens with zero attached hydrogens (tertiary/aromatic N) is 3. The number of hydrogen-bond acceptors (Lipinski definition) is 4. The van der Waals surface area contributed by atoms with Gasteiger partial charge in [0.2, 0.25) is 0 Å². The van der Waals surface area contributed by atoms with E-state index < -0.39 is 5.97 Å². The van der Waals surface area contributed by atoms with Crippen LogP contribution in [0.4, 0.5) is 11.5 Å². The summed E-state index contributed by atoms with van der Waals surface area (Å²) in [5.74, 6) is -0.275. The molecule has 0 spiro atoms. The van der Waals surface area contributed by atoms with Crippen molar-refractivity contribution in [2.75, 3.05) is 11.4 Å². The maximum atomic E-state index is 11.5. The van der Waals surface area contributed by atoms with E-state index >= 15 is 0 Å². The normalized spacial score (nSPS) is 13.4. The number of nitrogens with one attached hydrogen (secondary N) is 1. The molecule has 1 aliphatic rings. The number of H-pyrrole nitrogens is 1. The number of carboxylic acids is 1. The molecule has 7 heteroatoms. The number of carboxylic acid groups (broad SMARTS) is 1. The first-order valence-electron chi connectivity index (χ1n) is 10.8. The van der Waals surface area contributed by atoms with Crippen molar-refractivity contribution < 1.29 is 9.90 Å². The Bertz CT molecular complexity index is 1560. The van der Waals surface area contributed by atoms with Gasteiger partial charge in [0.15, 0.2) is 5.82 Å². The van der Waals surface area contributed by atoms with Gasteiger partial charge in [0, 0.05) is 39.9 Å². The Morgan fingerprint density at radius 2 is 1.91 bits per heavy atom. The van der Waals surface area contributed by atoms with Crippen LogP contribution in [0.5, 0.6) is 0 Å². The molecule has 0 fully saturated rings. The van der Waals surface area contributed by atoms with Crippen molar-refractivity contribution >= 4 is 51.0 Å². The lowest BCUT2D eigenvalue weighted by Gasteiger charge is -2.31. The fraction of sp³-hybridized carbons (Fsp3) is 0.115. The van der Waals surface area contributed by atoms with Gasteiger partial charge in [-0.2, -0.15) is 0 Å². The number of benzene rings is 3. The Labute approximate surface area is 194 Å². The minimum Gasteiger partial charge on any atom is -0.478 e. The number of aromatic carboxylic acids is 1. The van der Waals surface area contributed by atoms with Crippen molar-refractivity contribution in [3.05, 3.63) is 83.0 Å². The maximum absolute atomic E-state index is 11.5. The molecule has 5 aromatic rings. The average molecular weight is 455 g/mol. The molecule has 0 saturated heterocycles. The number of fused-ring (bicyclic) bond motifs is 3. The lowest BCUT2D eigenvalue weighted by molar-refractivity contribution is 0.0697. The number of aryl methyl sites for hydroxylation is 1. The highest BCUT2D eigenvalue weighted by atomic mass is 35.5. The molecule has 0 unspecified atom stereocenters. The third kappa shape index (κ3) is 3.39. The molecule has 3 aromatic carbocycles. The molecule has 162 valence electrons. The summed E-state index contributed by atoms with van der Waals surface area (Å²) in [7, 11) is 0. The number of anilines is 2. The minimum absolute atomic E-state index is 0.190. The van der Waals surface area contributed by atoms with Gasteiger partial charge in [0.05, 0.1) is 16.6 Å². The molecule has 0 saturated carbocycles. The van der Waals surface area contributed by atoms with Crippen LogP contribution in [0, 0.1) is 0 Å². The van der Waals surface area contributed by atoms with Gasteiger partial charge in [-0.05, 0) is 73.0 Å². The van der Waals surface area contributed by atoms with E-state index in [9.17, 15) is 9.90 Å². The number of aromatic nitrogens is 3. The first kappa shape index (κ1) is 19.8. The van der Waals surface area contributed by atoms with Crippen LogP contribution in [0.2, 0.25) is 5.02 Å². The van der Waals surface area contributed by atoms with Crippen molar-refractivity contribution in [1.29, 1.82) is 0 Å². The summed E-state index contributed by atoms with van der Waals surface area (Å²) < 4.78 is 0. The molecule has 0 aliphatic carbocycles. The van der Waals surface area contributed by atoms with Gasteiger partial charge in [-0.15, -0.1) is 0 Å². The Morgan fingerprint density at radius 3 is 2.79 bits per heavy atom. The zero-order valence-electron chi connectivity index (χ0n) is 17.5. The lowest BCUT2D eigenvalue weighted by atomic mass is 10.0. The predicted octanol–water partition coefficient (Wildman–Crippen LogP) is 6.21. The lowest BCUT2D eigenvalue weighted by Crippen LogP contribution is -2.26. The summed E-state index contributed by atoms with van der Waals surface area (Å²) in [6.45, 7) is 0.785. The van der Waals surface area contributed by atoms with Crippen molar-refractivity contribution in [2.24, 2.45) is 0 Å². The standard InChI is InChI=1S/C26H19ClN4O2/c27-19-5-8-23-16(13-19)2-1-11-31(23)25-24(17-3-6-20-15(12-17)9-10-28-20)29-21-7-4-18(26(32)33)14-22(21)30-25/h3-10,12-14,28H,1-2,11H2,(H,32,33). The number of rotatable bonds is 3. The van der Waals surface area contributed by atoms with Crippen LogP contribution in [0.15, 0.2) is 66.9 Å². The van der Waals surface area contributed by atoms with E-state index in [1.807, 2.05) is 42.6 Å². The molecular weight excluding hydrogens is 436 g/mol. The van der Waals surface area contributed by atoms with E-state index in [2.05, 4.69) is 16.0 Å². The van der Waals surface area contributed by atoms with Gasteiger partial charge in [0.25, 0.3) is 0 Å². The summed E-state index contributed by atoms with van der Waals surface area (Å²) in [6, 6.07) is 19.0. The maximum Gasteiger partial charge on any atom is 0.335 e. The molecule has 2 aromatic heterocycles. The Hall–Kier alpha value is -3.90. The van der Waals surface area contributed by atoms with Crippen LogP contribution >= 0.6 is 11.6 Å². The monoisotopic (exact) mass is 454 g/mol. The van der Waals surface area contributed by atoms with Crippen LogP contribution in [0.25, 0.3) is 33.2 Å². The van der Waals surface area contributed by atoms with Crippen LogP contribution in [-0.4, -0.2) is 32.6 Å². The zero-order valence-corrected chi connectivity index (χ0v) is 18.3. The third-order valence-electron chi connectivity index (χ3n) is 6.14. The molecule has 0 radical (unpaired) electrons. The molecule has 2 N–H and O–H groups in total. The van der Waals surface area contributed by atoms with Gasteiger partial charge in [-0.25, -0.2) is 14.8 Å². The smallest absolute Gasteiger partial charge is 0.335 e. The Morgan fingerprint density at radius 1 is 1.00 bits per heavy atom. The highest BCUT2D eigenvalue weighted by Crippen LogP contribution is 2.39. The fourth-order valence-corrected chi connectivity index (χ4v) is 4.74. The van der Waals surface area contributed by atoms with E-state index in [-0.39, 0.29) is 5.56 Å². The van der Waals surface area contributed by atoms with E-state index in [0.717, 1.165) is 47.2 Å². The highest BCUT2D eigenvalue weighted by Gasteiger charge is 2.24. The summed E-state index contributed by atoms with van der Waals surface area (Å²) in [5, 5.41) is 11.3. The first-order valence-corrected chi connectivity index (χ1v) is 11.1. The van der Waals surface area contributed by atoms with Gasteiger partial charge < -0.3 is 15.0 Å². The van der Waals surface area contributed by atoms with Gasteiger partial charge >= 0.3 is 5.97 Å². The predicted molar refractivity (Wildman–Crippen MR) is 131 cm³/mol. The van der Waals surface area contributed by atoms with E-state index in [1.165, 1.54) is 5.56 Å². The van der Waals surface area contributed by atoms with Crippen LogP contribution in [0.1, 0.15) is 22.3 Å². The largest absolute Gasteiger partial charge is 0.478 e. The molecule has 0 bridgehead atoms. The number of aromatic amines is 1. The van der Waals surface area contributed by atoms with Crippen molar-refractivity contribution in [3.8, 4) is 11.3 Å². The SMILES string of the molecule is O=C(O)c1ccc2nc(-c3ccc4[nH]ccc4c3)c(N3CCCc4cc(Cl)ccc43)nc2c1. The molecule has 1 aliphatic heterocycles. The van der Waals surface area contributed by atoms with Gasteiger partial charge in [-0.1, -0.05) is 17.7 Å². The van der Waals surface area contributed by atoms with Crippen LogP contribution < -0.4 is 4.90 Å². The molecule has 0 amide bonds. The summed E-state index contributed by atoms with van der Waals surface area (Å²) in [6.07, 6.45) is 3.82. The fourth-order valence-electron chi connectivity index (χ4n) is 4.55. The second-order valence-electron chi connectivity index (χ2n) is 8.21. The van der Waals surface area contributed by atoms with E-state index in [0.29, 0.717) is 21.9 Å². The molecule has 6 nitrogen and oxygen atoms in total. The van der Waals surface area contributed by atoms with Crippen molar-refractivity contribution in [3.63, 3.8) is 0 Å². The Kier molecular flexibility index (Phi) is 4.55. The van der Waals surface area contributed by atoms with Crippen molar-refractivity contribution in [1.82, 2.24) is 15.0 Å². The summed E-state index contributed by atoms with van der Waals surface area (Å²) >= 11 is 6.26. The topological polar surface area (TPSA) is 82.1 Å². The number of hydrogen-bond donors (Lipinski definition) is 2. The van der Waals surface area contributed by atoms with Crippen LogP contribution in [0.3, 0.4) is 0 Å². The molecule has 0 atom stereocenters. The van der Waals surface area contributed by atoms with E-state index in [4.69, 9.17) is 21.6 Å².